The Bertz CT molecular complexity index is 3470. The van der Waals surface area contributed by atoms with Crippen LogP contribution in [0.25, 0.3) is 65.0 Å². The number of rotatable bonds is 0. The quantitative estimate of drug-likeness (QED) is 0.141. The van der Waals surface area contributed by atoms with E-state index in [4.69, 9.17) is 0 Å². The number of para-hydroxylation sites is 3. The molecule has 6 nitrogen and oxygen atoms in total. The fourth-order valence-corrected chi connectivity index (χ4v) is 8.44. The first-order valence-electron chi connectivity index (χ1n) is 37.6. The largest absolute Gasteiger partial charge is 0.358 e. The van der Waals surface area contributed by atoms with Crippen LogP contribution in [0.5, 0.6) is 0 Å². The van der Waals surface area contributed by atoms with Gasteiger partial charge in [-0.1, -0.05) is 447 Å². The van der Waals surface area contributed by atoms with Gasteiger partial charge in [-0.05, 0) is 86.9 Å². The van der Waals surface area contributed by atoms with E-state index in [0.29, 0.717) is 0 Å². The summed E-state index contributed by atoms with van der Waals surface area (Å²) in [4.78, 5) is 24.6. The molecule has 0 saturated carbocycles. The maximum absolute atomic E-state index is 4.18. The average molecular weight is 2620 g/mol. The van der Waals surface area contributed by atoms with Crippen molar-refractivity contribution < 1.29 is 126 Å². The van der Waals surface area contributed by atoms with Crippen molar-refractivity contribution in [3.63, 3.8) is 0 Å². The molecule has 12 aromatic carbocycles. The molecule has 0 saturated heterocycles. The van der Waals surface area contributed by atoms with Gasteiger partial charge in [0, 0.05) is 198 Å². The standard InChI is InChI=1S/6C9H7N.6C6H6.6C2H6.6CH3.6W/c3*1-2-6-9-8(4-1)5-3-7-10-9;3*1-2-4-9-7-10-6-5-8(9)3-1;6*1-2-4-6-5-3-1;6*1-2;;;;;;;;;;;;/h6*1-7H;6*1-6H;6*1-2H3;6*1H3;;;;;;/q;;;;;;;;;;;;;;;;;;6*-1;;;;;;. The molecular formula is C108H132N6W6-6. The molecule has 0 aliphatic heterocycles. The van der Waals surface area contributed by atoms with Gasteiger partial charge in [-0.15, -0.1) is 0 Å². The number of pyridine rings is 6. The van der Waals surface area contributed by atoms with E-state index in [1.54, 1.807) is 0 Å². The summed E-state index contributed by atoms with van der Waals surface area (Å²) in [5.74, 6) is 0. The minimum absolute atomic E-state index is 0. The third-order valence-corrected chi connectivity index (χ3v) is 13.2. The predicted molar refractivity (Wildman–Crippen MR) is 516 cm³/mol. The Morgan fingerprint density at radius 3 is 0.392 bits per heavy atom. The van der Waals surface area contributed by atoms with Crippen LogP contribution in [-0.4, -0.2) is 29.9 Å². The van der Waals surface area contributed by atoms with Crippen LogP contribution in [0.3, 0.4) is 0 Å². The van der Waals surface area contributed by atoms with Gasteiger partial charge in [0.2, 0.25) is 0 Å². The first-order chi connectivity index (χ1) is 53.8. The van der Waals surface area contributed by atoms with Gasteiger partial charge in [0.25, 0.3) is 0 Å². The second-order valence-electron chi connectivity index (χ2n) is 20.2. The topological polar surface area (TPSA) is 77.3 Å². The molecule has 12 heteroatoms. The zero-order valence-electron chi connectivity index (χ0n) is 74.2. The van der Waals surface area contributed by atoms with Crippen molar-refractivity contribution in [1.29, 1.82) is 0 Å². The number of hydrogen-bond acceptors (Lipinski definition) is 6. The number of nitrogens with zero attached hydrogens (tertiary/aromatic N) is 6. The van der Waals surface area contributed by atoms with Crippen LogP contribution in [0.1, 0.15) is 83.1 Å². The first-order valence-corrected chi connectivity index (χ1v) is 37.6. The molecule has 6 heterocycles. The van der Waals surface area contributed by atoms with Crippen LogP contribution >= 0.6 is 0 Å². The number of hydrogen-bond donors (Lipinski definition) is 0. The van der Waals surface area contributed by atoms with Crippen molar-refractivity contribution in [2.24, 2.45) is 0 Å². The van der Waals surface area contributed by atoms with Crippen LogP contribution in [-0.2, 0) is 126 Å². The molecule has 636 valence electrons. The summed E-state index contributed by atoms with van der Waals surface area (Å²) in [5, 5.41) is 10.9. The molecule has 0 fully saturated rings. The summed E-state index contributed by atoms with van der Waals surface area (Å²) in [7, 11) is 0. The van der Waals surface area contributed by atoms with Gasteiger partial charge in [-0.25, -0.2) is 0 Å². The SMILES string of the molecule is CC.CC.CC.CC.CC.CC.[CH3-].[CH3-].[CH3-].[CH3-].[CH3-].[CH3-].[W].[W].[W].[W].[W].[W].c1ccc2cnccc2c1.c1ccc2cnccc2c1.c1ccc2cnccc2c1.c1ccc2ncccc2c1.c1ccc2ncccc2c1.c1ccc2ncccc2c1.c1ccccc1.c1ccccc1.c1ccccc1.c1ccccc1.c1ccccc1.c1ccccc1. The fourth-order valence-electron chi connectivity index (χ4n) is 8.44. The molecule has 120 heavy (non-hydrogen) atoms. The molecule has 0 spiro atoms. The molecule has 0 amide bonds. The van der Waals surface area contributed by atoms with E-state index in [1.165, 1.54) is 48.5 Å². The maximum Gasteiger partial charge on any atom is 0.0701 e. The van der Waals surface area contributed by atoms with Crippen molar-refractivity contribution in [2.45, 2.75) is 83.1 Å². The van der Waals surface area contributed by atoms with Crippen LogP contribution in [0.4, 0.5) is 0 Å². The molecule has 0 aliphatic carbocycles. The first kappa shape index (κ1) is 137. The summed E-state index contributed by atoms with van der Waals surface area (Å²) in [6.45, 7) is 24.0. The predicted octanol–water partition coefficient (Wildman–Crippen LogP) is 32.4. The van der Waals surface area contributed by atoms with Gasteiger partial charge < -0.3 is 44.6 Å². The molecule has 18 rings (SSSR count). The minimum Gasteiger partial charge on any atom is -0.358 e. The second kappa shape index (κ2) is 106. The van der Waals surface area contributed by atoms with E-state index in [1.807, 2.05) is 485 Å². The van der Waals surface area contributed by atoms with Crippen molar-refractivity contribution in [1.82, 2.24) is 29.9 Å². The van der Waals surface area contributed by atoms with Gasteiger partial charge in [-0.2, -0.15) is 0 Å². The zero-order chi connectivity index (χ0) is 78.3. The summed E-state index contributed by atoms with van der Waals surface area (Å²) >= 11 is 0. The van der Waals surface area contributed by atoms with E-state index >= 15 is 0 Å². The van der Waals surface area contributed by atoms with Gasteiger partial charge in [0.15, 0.2) is 0 Å². The number of benzene rings is 12. The van der Waals surface area contributed by atoms with E-state index in [0.717, 1.165) is 16.6 Å². The van der Waals surface area contributed by atoms with E-state index in [2.05, 4.69) is 103 Å². The molecule has 0 aliphatic rings. The summed E-state index contributed by atoms with van der Waals surface area (Å²) < 4.78 is 0. The third-order valence-electron chi connectivity index (χ3n) is 13.2. The van der Waals surface area contributed by atoms with Crippen molar-refractivity contribution >= 4 is 65.0 Å². The molecule has 0 N–H and O–H groups in total. The molecule has 0 bridgehead atoms. The number of fused-ring (bicyclic) bond motifs is 6. The molecule has 6 aromatic heterocycles. The minimum atomic E-state index is 0. The average Bonchev–Trinajstić information content (AvgIpc) is 0.911. The summed E-state index contributed by atoms with van der Waals surface area (Å²) in [5.41, 5.74) is 3.18. The molecule has 0 unspecified atom stereocenters. The fraction of sp³-hybridized carbons (Fsp3) is 0.111. The Labute approximate surface area is 814 Å². The van der Waals surface area contributed by atoms with Gasteiger partial charge in [0.05, 0.1) is 16.6 Å². The Kier molecular flexibility index (Phi) is 122. The summed E-state index contributed by atoms with van der Waals surface area (Å²) in [6, 6.07) is 139. The third kappa shape index (κ3) is 70.0. The van der Waals surface area contributed by atoms with Crippen LogP contribution in [0.2, 0.25) is 0 Å². The Balaban J connectivity index is -0.000000104. The molecule has 0 atom stereocenters. The van der Waals surface area contributed by atoms with Crippen LogP contribution in [0.15, 0.2) is 474 Å². The van der Waals surface area contributed by atoms with Gasteiger partial charge in [-0.3, -0.25) is 29.9 Å². The summed E-state index contributed by atoms with van der Waals surface area (Å²) in [6.07, 6.45) is 16.5. The molecule has 0 radical (unpaired) electrons. The van der Waals surface area contributed by atoms with Crippen LogP contribution < -0.4 is 0 Å². The van der Waals surface area contributed by atoms with Crippen LogP contribution in [0, 0.1) is 44.6 Å². The molecular weight excluding hydrogens is 2480 g/mol. The van der Waals surface area contributed by atoms with E-state index in [-0.39, 0.29) is 171 Å². The smallest absolute Gasteiger partial charge is 0.0701 e. The van der Waals surface area contributed by atoms with Crippen molar-refractivity contribution in [2.75, 3.05) is 0 Å². The Morgan fingerprint density at radius 2 is 0.250 bits per heavy atom. The van der Waals surface area contributed by atoms with E-state index in [9.17, 15) is 0 Å². The Hall–Kier alpha value is -8.77. The number of aromatic nitrogens is 6. The van der Waals surface area contributed by atoms with Crippen molar-refractivity contribution in [3.05, 3.63) is 519 Å². The van der Waals surface area contributed by atoms with Crippen molar-refractivity contribution in [3.8, 4) is 0 Å². The molecule has 18 aromatic rings. The zero-order valence-corrected chi connectivity index (χ0v) is 91.8. The second-order valence-corrected chi connectivity index (χ2v) is 20.2. The Morgan fingerprint density at radius 1 is 0.125 bits per heavy atom. The maximum atomic E-state index is 4.18. The monoisotopic (exact) mass is 2620 g/mol. The van der Waals surface area contributed by atoms with Gasteiger partial charge >= 0.3 is 0 Å². The van der Waals surface area contributed by atoms with E-state index < -0.39 is 0 Å². The van der Waals surface area contributed by atoms with Gasteiger partial charge in [0.1, 0.15) is 0 Å². The normalized spacial score (nSPS) is 7.70.